The molecule has 0 aromatic carbocycles. The van der Waals surface area contributed by atoms with Gasteiger partial charge in [0.25, 0.3) is 0 Å². The summed E-state index contributed by atoms with van der Waals surface area (Å²) in [6, 6.07) is 5.72. The highest BCUT2D eigenvalue weighted by atomic mass is 35.5. The highest BCUT2D eigenvalue weighted by Crippen LogP contribution is 2.46. The van der Waals surface area contributed by atoms with Crippen molar-refractivity contribution in [1.82, 2.24) is 9.97 Å². The molecule has 3 fully saturated rings. The second-order valence-corrected chi connectivity index (χ2v) is 7.88. The van der Waals surface area contributed by atoms with Gasteiger partial charge in [-0.15, -0.1) is 11.3 Å². The van der Waals surface area contributed by atoms with E-state index in [1.165, 1.54) is 0 Å². The maximum atomic E-state index is 11.8. The molecule has 7 heteroatoms. The van der Waals surface area contributed by atoms with Gasteiger partial charge in [0.2, 0.25) is 5.28 Å². The Bertz CT molecular complexity index is 744. The molecule has 2 unspecified atom stereocenters. The lowest BCUT2D eigenvalue weighted by Gasteiger charge is -2.47. The summed E-state index contributed by atoms with van der Waals surface area (Å²) in [6.45, 7) is 0. The third-order valence-corrected chi connectivity index (χ3v) is 6.35. The van der Waals surface area contributed by atoms with E-state index < -0.39 is 5.97 Å². The summed E-state index contributed by atoms with van der Waals surface area (Å²) in [6.07, 6.45) is 4.21. The number of nitrogens with one attached hydrogen (secondary N) is 1. The summed E-state index contributed by atoms with van der Waals surface area (Å²) in [7, 11) is 0. The molecule has 24 heavy (non-hydrogen) atoms. The molecule has 3 saturated carbocycles. The largest absolute Gasteiger partial charge is 0.481 e. The van der Waals surface area contributed by atoms with Crippen molar-refractivity contribution in [2.24, 2.45) is 17.8 Å². The van der Waals surface area contributed by atoms with Gasteiger partial charge in [0.05, 0.1) is 16.5 Å². The second-order valence-electron chi connectivity index (χ2n) is 6.59. The molecule has 2 bridgehead atoms. The summed E-state index contributed by atoms with van der Waals surface area (Å²) >= 11 is 7.67. The first-order chi connectivity index (χ1) is 11.6. The molecule has 2 aromatic heterocycles. The standard InChI is InChI=1S/C17H18ClN3O2S/c18-17-19-11(12-2-1-7-24-12)8-13(21-17)20-15-10-5-3-9(4-6-10)14(15)16(22)23/h1-2,7-10,14-15H,3-6H2,(H,22,23)(H,19,20,21). The Balaban J connectivity index is 1.63. The third-order valence-electron chi connectivity index (χ3n) is 5.29. The molecule has 0 saturated heterocycles. The van der Waals surface area contributed by atoms with Crippen molar-refractivity contribution in [2.75, 3.05) is 5.32 Å². The monoisotopic (exact) mass is 363 g/mol. The van der Waals surface area contributed by atoms with Gasteiger partial charge >= 0.3 is 5.97 Å². The van der Waals surface area contributed by atoms with Crippen LogP contribution in [-0.2, 0) is 4.79 Å². The number of nitrogens with zero attached hydrogens (tertiary/aromatic N) is 2. The Morgan fingerprint density at radius 1 is 1.25 bits per heavy atom. The molecule has 2 heterocycles. The van der Waals surface area contributed by atoms with Crippen LogP contribution in [0.2, 0.25) is 5.28 Å². The number of aromatic nitrogens is 2. The average Bonchev–Trinajstić information content (AvgIpc) is 3.09. The van der Waals surface area contributed by atoms with E-state index in [0.29, 0.717) is 11.7 Å². The lowest BCUT2D eigenvalue weighted by molar-refractivity contribution is -0.148. The van der Waals surface area contributed by atoms with E-state index in [0.717, 1.165) is 36.3 Å². The maximum Gasteiger partial charge on any atom is 0.308 e. The van der Waals surface area contributed by atoms with Crippen LogP contribution in [0.25, 0.3) is 10.6 Å². The molecule has 0 radical (unpaired) electrons. The summed E-state index contributed by atoms with van der Waals surface area (Å²) < 4.78 is 0. The molecule has 3 aliphatic carbocycles. The number of anilines is 1. The zero-order valence-corrected chi connectivity index (χ0v) is 14.6. The first-order valence-electron chi connectivity index (χ1n) is 8.19. The van der Waals surface area contributed by atoms with E-state index >= 15 is 0 Å². The highest BCUT2D eigenvalue weighted by Gasteiger charge is 2.47. The van der Waals surface area contributed by atoms with E-state index in [9.17, 15) is 9.90 Å². The first kappa shape index (κ1) is 15.8. The van der Waals surface area contributed by atoms with Crippen molar-refractivity contribution in [2.45, 2.75) is 31.7 Å². The number of aliphatic carboxylic acids is 1. The Labute approximate surface area is 149 Å². The van der Waals surface area contributed by atoms with Crippen molar-refractivity contribution in [3.8, 4) is 10.6 Å². The minimum atomic E-state index is -0.708. The summed E-state index contributed by atoms with van der Waals surface area (Å²) in [4.78, 5) is 21.3. The van der Waals surface area contributed by atoms with E-state index in [1.807, 2.05) is 23.6 Å². The average molecular weight is 364 g/mol. The number of halogens is 1. The molecule has 2 aromatic rings. The first-order valence-corrected chi connectivity index (χ1v) is 9.45. The van der Waals surface area contributed by atoms with Crippen LogP contribution in [0.3, 0.4) is 0 Å². The van der Waals surface area contributed by atoms with Gasteiger partial charge in [-0.25, -0.2) is 9.97 Å². The Kier molecular flexibility index (Phi) is 4.18. The summed E-state index contributed by atoms with van der Waals surface area (Å²) in [5, 5.41) is 15.2. The lowest BCUT2D eigenvalue weighted by atomic mass is 9.61. The molecular weight excluding hydrogens is 346 g/mol. The topological polar surface area (TPSA) is 75.1 Å². The van der Waals surface area contributed by atoms with Gasteiger partial charge in [-0.2, -0.15) is 0 Å². The number of carboxylic acids is 1. The fourth-order valence-corrected chi connectivity index (χ4v) is 5.09. The zero-order chi connectivity index (χ0) is 16.7. The predicted molar refractivity (Wildman–Crippen MR) is 94.3 cm³/mol. The van der Waals surface area contributed by atoms with Crippen LogP contribution >= 0.6 is 22.9 Å². The number of fused-ring (bicyclic) bond motifs is 3. The smallest absolute Gasteiger partial charge is 0.308 e. The molecule has 2 N–H and O–H groups in total. The predicted octanol–water partition coefficient (Wildman–Crippen LogP) is 4.16. The molecule has 5 rings (SSSR count). The van der Waals surface area contributed by atoms with Gasteiger partial charge in [-0.05, 0) is 60.6 Å². The van der Waals surface area contributed by atoms with Crippen molar-refractivity contribution >= 4 is 34.7 Å². The van der Waals surface area contributed by atoms with Gasteiger partial charge in [0, 0.05) is 12.1 Å². The molecular formula is C17H18ClN3O2S. The van der Waals surface area contributed by atoms with Gasteiger partial charge in [0.1, 0.15) is 5.82 Å². The van der Waals surface area contributed by atoms with Crippen LogP contribution in [-0.4, -0.2) is 27.1 Å². The van der Waals surface area contributed by atoms with Crippen molar-refractivity contribution < 1.29 is 9.90 Å². The Hall–Kier alpha value is -1.66. The molecule has 0 aliphatic heterocycles. The lowest BCUT2D eigenvalue weighted by Crippen LogP contribution is -2.51. The number of rotatable bonds is 4. The highest BCUT2D eigenvalue weighted by molar-refractivity contribution is 7.13. The zero-order valence-electron chi connectivity index (χ0n) is 13.0. The summed E-state index contributed by atoms with van der Waals surface area (Å²) in [5.41, 5.74) is 0.764. The van der Waals surface area contributed by atoms with Gasteiger partial charge in [-0.1, -0.05) is 6.07 Å². The van der Waals surface area contributed by atoms with Gasteiger partial charge in [0.15, 0.2) is 0 Å². The quantitative estimate of drug-likeness (QED) is 0.798. The number of thiophene rings is 1. The van der Waals surface area contributed by atoms with Gasteiger partial charge in [-0.3, -0.25) is 4.79 Å². The van der Waals surface area contributed by atoms with E-state index in [1.54, 1.807) is 11.3 Å². The normalized spacial score (nSPS) is 28.7. The number of hydrogen-bond acceptors (Lipinski definition) is 5. The van der Waals surface area contributed by atoms with Crippen LogP contribution in [0.4, 0.5) is 5.82 Å². The van der Waals surface area contributed by atoms with Crippen LogP contribution in [0.5, 0.6) is 0 Å². The fourth-order valence-electron chi connectivity index (χ4n) is 4.23. The Morgan fingerprint density at radius 2 is 2.00 bits per heavy atom. The molecule has 2 atom stereocenters. The number of hydrogen-bond donors (Lipinski definition) is 2. The minimum absolute atomic E-state index is 0.0860. The molecule has 0 amide bonds. The minimum Gasteiger partial charge on any atom is -0.481 e. The van der Waals surface area contributed by atoms with Crippen LogP contribution in [0.15, 0.2) is 23.6 Å². The molecule has 126 valence electrons. The SMILES string of the molecule is O=C(O)C1C2CCC(CC2)C1Nc1cc(-c2cccs2)nc(Cl)n1. The summed E-state index contributed by atoms with van der Waals surface area (Å²) in [5.74, 6) is 0.202. The van der Waals surface area contributed by atoms with Crippen molar-refractivity contribution in [1.29, 1.82) is 0 Å². The maximum absolute atomic E-state index is 11.8. The molecule has 0 spiro atoms. The molecule has 5 nitrogen and oxygen atoms in total. The van der Waals surface area contributed by atoms with E-state index in [2.05, 4.69) is 15.3 Å². The van der Waals surface area contributed by atoms with E-state index in [-0.39, 0.29) is 23.2 Å². The van der Waals surface area contributed by atoms with E-state index in [4.69, 9.17) is 11.6 Å². The van der Waals surface area contributed by atoms with Crippen LogP contribution < -0.4 is 5.32 Å². The molecule has 3 aliphatic rings. The third kappa shape index (κ3) is 2.89. The van der Waals surface area contributed by atoms with Crippen LogP contribution in [0, 0.1) is 17.8 Å². The van der Waals surface area contributed by atoms with Crippen molar-refractivity contribution in [3.63, 3.8) is 0 Å². The number of carbonyl (C=O) groups is 1. The van der Waals surface area contributed by atoms with Crippen LogP contribution in [0.1, 0.15) is 25.7 Å². The number of carboxylic acid groups (broad SMARTS) is 1. The fraction of sp³-hybridized carbons (Fsp3) is 0.471. The second kappa shape index (κ2) is 6.33. The Morgan fingerprint density at radius 3 is 2.67 bits per heavy atom. The van der Waals surface area contributed by atoms with Gasteiger partial charge < -0.3 is 10.4 Å². The van der Waals surface area contributed by atoms with Crippen molar-refractivity contribution in [3.05, 3.63) is 28.9 Å².